The first-order valence-corrected chi connectivity index (χ1v) is 9.63. The Kier molecular flexibility index (Phi) is 10.1. The highest BCUT2D eigenvalue weighted by Gasteiger charge is 2.28. The number of rotatable bonds is 5. The number of amides is 1. The van der Waals surface area contributed by atoms with Crippen LogP contribution in [0, 0.1) is 5.92 Å². The van der Waals surface area contributed by atoms with Crippen LogP contribution in [-0.2, 0) is 11.2 Å². The van der Waals surface area contributed by atoms with E-state index < -0.39 is 0 Å². The predicted octanol–water partition coefficient (Wildman–Crippen LogP) is 5.01. The van der Waals surface area contributed by atoms with Crippen LogP contribution in [0.2, 0.25) is 10.0 Å². The van der Waals surface area contributed by atoms with Crippen LogP contribution < -0.4 is 5.73 Å². The molecule has 5 nitrogen and oxygen atoms in total. The Bertz CT molecular complexity index is 784. The summed E-state index contributed by atoms with van der Waals surface area (Å²) in [5.74, 6) is 1.82. The van der Waals surface area contributed by atoms with Gasteiger partial charge in [0.25, 0.3) is 0 Å². The van der Waals surface area contributed by atoms with Crippen molar-refractivity contribution in [2.24, 2.45) is 11.7 Å². The van der Waals surface area contributed by atoms with Gasteiger partial charge in [0.05, 0.1) is 11.2 Å². The SMILES string of the molecule is CC1CCN(C(=O)CCc2ncc(-c3ccc(Cl)cc3Cl)o2)C(CN)C1.Cl.Cl. The van der Waals surface area contributed by atoms with Crippen LogP contribution in [0.25, 0.3) is 11.3 Å². The van der Waals surface area contributed by atoms with E-state index in [0.29, 0.717) is 47.0 Å². The normalized spacial score (nSPS) is 18.9. The molecule has 2 aromatic rings. The van der Waals surface area contributed by atoms with Crippen molar-refractivity contribution >= 4 is 53.9 Å². The molecule has 156 valence electrons. The maximum atomic E-state index is 12.6. The fourth-order valence-electron chi connectivity index (χ4n) is 3.40. The van der Waals surface area contributed by atoms with Gasteiger partial charge in [-0.1, -0.05) is 30.1 Å². The van der Waals surface area contributed by atoms with E-state index >= 15 is 0 Å². The minimum absolute atomic E-state index is 0. The van der Waals surface area contributed by atoms with E-state index in [1.54, 1.807) is 24.4 Å². The Labute approximate surface area is 187 Å². The molecule has 1 fully saturated rings. The molecule has 1 aromatic heterocycles. The van der Waals surface area contributed by atoms with Crippen LogP contribution >= 0.6 is 48.0 Å². The highest BCUT2D eigenvalue weighted by atomic mass is 35.5. The standard InChI is InChI=1S/C19H23Cl2N3O2.2ClH/c1-12-6-7-24(14(8-12)10-22)19(25)5-4-18-23-11-17(26-18)15-3-2-13(20)9-16(15)21;;/h2-3,9,11-12,14H,4-8,10,22H2,1H3;2*1H. The molecule has 2 atom stereocenters. The maximum absolute atomic E-state index is 12.6. The molecule has 3 rings (SSSR count). The van der Waals surface area contributed by atoms with Crippen molar-refractivity contribution in [2.75, 3.05) is 13.1 Å². The number of likely N-dealkylation sites (tertiary alicyclic amines) is 1. The summed E-state index contributed by atoms with van der Waals surface area (Å²) in [6.07, 6.45) is 4.44. The summed E-state index contributed by atoms with van der Waals surface area (Å²) in [5.41, 5.74) is 6.58. The molecule has 1 aliphatic rings. The topological polar surface area (TPSA) is 72.4 Å². The average Bonchev–Trinajstić information content (AvgIpc) is 3.08. The number of oxazole rings is 1. The quantitative estimate of drug-likeness (QED) is 0.669. The summed E-state index contributed by atoms with van der Waals surface area (Å²) >= 11 is 12.1. The van der Waals surface area contributed by atoms with Crippen LogP contribution in [0.5, 0.6) is 0 Å². The molecular weight excluding hydrogens is 444 g/mol. The Morgan fingerprint density at radius 3 is 2.79 bits per heavy atom. The van der Waals surface area contributed by atoms with E-state index in [2.05, 4.69) is 11.9 Å². The van der Waals surface area contributed by atoms with E-state index in [4.69, 9.17) is 33.4 Å². The average molecular weight is 469 g/mol. The smallest absolute Gasteiger partial charge is 0.223 e. The van der Waals surface area contributed by atoms with Gasteiger partial charge in [0, 0.05) is 42.6 Å². The van der Waals surface area contributed by atoms with E-state index in [0.717, 1.165) is 24.9 Å². The molecule has 1 amide bonds. The van der Waals surface area contributed by atoms with Gasteiger partial charge in [0.15, 0.2) is 11.7 Å². The molecule has 28 heavy (non-hydrogen) atoms. The lowest BCUT2D eigenvalue weighted by atomic mass is 9.92. The lowest BCUT2D eigenvalue weighted by Gasteiger charge is -2.38. The fraction of sp³-hybridized carbons (Fsp3) is 0.474. The number of hydrogen-bond acceptors (Lipinski definition) is 4. The van der Waals surface area contributed by atoms with Crippen molar-refractivity contribution in [1.82, 2.24) is 9.88 Å². The van der Waals surface area contributed by atoms with Crippen LogP contribution in [0.3, 0.4) is 0 Å². The number of halogens is 4. The highest BCUT2D eigenvalue weighted by molar-refractivity contribution is 6.36. The molecule has 0 bridgehead atoms. The van der Waals surface area contributed by atoms with E-state index in [-0.39, 0.29) is 36.8 Å². The largest absolute Gasteiger partial charge is 0.441 e. The summed E-state index contributed by atoms with van der Waals surface area (Å²) < 4.78 is 5.76. The third-order valence-electron chi connectivity index (χ3n) is 4.87. The molecule has 1 aliphatic heterocycles. The number of benzene rings is 1. The molecule has 0 saturated carbocycles. The minimum atomic E-state index is 0. The van der Waals surface area contributed by atoms with E-state index in [1.165, 1.54) is 0 Å². The van der Waals surface area contributed by atoms with Crippen LogP contribution in [0.1, 0.15) is 32.1 Å². The first-order valence-electron chi connectivity index (χ1n) is 8.87. The highest BCUT2D eigenvalue weighted by Crippen LogP contribution is 2.31. The fourth-order valence-corrected chi connectivity index (χ4v) is 3.90. The molecular formula is C19H25Cl4N3O2. The number of hydrogen-bond donors (Lipinski definition) is 1. The van der Waals surface area contributed by atoms with Gasteiger partial charge in [-0.3, -0.25) is 4.79 Å². The van der Waals surface area contributed by atoms with Gasteiger partial charge in [-0.05, 0) is 37.0 Å². The molecule has 0 spiro atoms. The second-order valence-electron chi connectivity index (χ2n) is 6.85. The number of nitrogens with zero attached hydrogens (tertiary/aromatic N) is 2. The summed E-state index contributed by atoms with van der Waals surface area (Å²) in [7, 11) is 0. The van der Waals surface area contributed by atoms with Crippen molar-refractivity contribution in [3.8, 4) is 11.3 Å². The van der Waals surface area contributed by atoms with Gasteiger partial charge in [-0.25, -0.2) is 4.98 Å². The number of carbonyl (C=O) groups excluding carboxylic acids is 1. The van der Waals surface area contributed by atoms with Gasteiger partial charge in [-0.2, -0.15) is 0 Å². The molecule has 1 saturated heterocycles. The number of piperidine rings is 1. The zero-order valence-corrected chi connectivity index (χ0v) is 18.7. The summed E-state index contributed by atoms with van der Waals surface area (Å²) in [4.78, 5) is 18.8. The molecule has 0 radical (unpaired) electrons. The second kappa shape index (κ2) is 11.3. The number of nitrogens with two attached hydrogens (primary N) is 1. The predicted molar refractivity (Wildman–Crippen MR) is 118 cm³/mol. The Balaban J connectivity index is 0.00000196. The van der Waals surface area contributed by atoms with Gasteiger partial charge < -0.3 is 15.1 Å². The zero-order valence-electron chi connectivity index (χ0n) is 15.6. The number of aromatic nitrogens is 1. The lowest BCUT2D eigenvalue weighted by molar-refractivity contribution is -0.135. The third-order valence-corrected chi connectivity index (χ3v) is 5.42. The van der Waals surface area contributed by atoms with Gasteiger partial charge in [0.2, 0.25) is 5.91 Å². The maximum Gasteiger partial charge on any atom is 0.223 e. The molecule has 2 unspecified atom stereocenters. The van der Waals surface area contributed by atoms with Crippen molar-refractivity contribution < 1.29 is 9.21 Å². The summed E-state index contributed by atoms with van der Waals surface area (Å²) in [6.45, 7) is 3.49. The molecule has 2 heterocycles. The van der Waals surface area contributed by atoms with Gasteiger partial charge in [0.1, 0.15) is 0 Å². The van der Waals surface area contributed by atoms with Crippen molar-refractivity contribution in [2.45, 2.75) is 38.6 Å². The monoisotopic (exact) mass is 467 g/mol. The lowest BCUT2D eigenvalue weighted by Crippen LogP contribution is -2.49. The van der Waals surface area contributed by atoms with Crippen molar-refractivity contribution in [3.63, 3.8) is 0 Å². The molecule has 9 heteroatoms. The number of carbonyl (C=O) groups is 1. The Morgan fingerprint density at radius 2 is 2.11 bits per heavy atom. The second-order valence-corrected chi connectivity index (χ2v) is 7.69. The molecule has 1 aromatic carbocycles. The van der Waals surface area contributed by atoms with Crippen molar-refractivity contribution in [3.05, 3.63) is 40.3 Å². The van der Waals surface area contributed by atoms with Gasteiger partial charge in [-0.15, -0.1) is 24.8 Å². The van der Waals surface area contributed by atoms with Crippen LogP contribution in [-0.4, -0.2) is 34.9 Å². The molecule has 0 aliphatic carbocycles. The third kappa shape index (κ3) is 6.01. The number of aryl methyl sites for hydroxylation is 1. The van der Waals surface area contributed by atoms with E-state index in [9.17, 15) is 4.79 Å². The Morgan fingerprint density at radius 1 is 1.36 bits per heavy atom. The first-order chi connectivity index (χ1) is 12.5. The van der Waals surface area contributed by atoms with E-state index in [1.807, 2.05) is 4.90 Å². The minimum Gasteiger partial charge on any atom is -0.441 e. The van der Waals surface area contributed by atoms with Crippen molar-refractivity contribution in [1.29, 1.82) is 0 Å². The van der Waals surface area contributed by atoms with Crippen LogP contribution in [0.15, 0.2) is 28.8 Å². The Hall–Kier alpha value is -0.980. The zero-order chi connectivity index (χ0) is 18.7. The first kappa shape index (κ1) is 25.1. The summed E-state index contributed by atoms with van der Waals surface area (Å²) in [6, 6.07) is 5.34. The van der Waals surface area contributed by atoms with Gasteiger partial charge >= 0.3 is 0 Å². The summed E-state index contributed by atoms with van der Waals surface area (Å²) in [5, 5.41) is 1.07. The van der Waals surface area contributed by atoms with Crippen LogP contribution in [0.4, 0.5) is 0 Å². The molecule has 2 N–H and O–H groups in total.